The van der Waals surface area contributed by atoms with Crippen LogP contribution in [0.5, 0.6) is 0 Å². The molecule has 0 N–H and O–H groups in total. The predicted molar refractivity (Wildman–Crippen MR) is 105 cm³/mol. The van der Waals surface area contributed by atoms with Crippen LogP contribution in [0.15, 0.2) is 52.3 Å². The molecule has 0 saturated carbocycles. The molecule has 1 fully saturated rings. The van der Waals surface area contributed by atoms with Gasteiger partial charge in [0.05, 0.1) is 9.79 Å². The fourth-order valence-corrected chi connectivity index (χ4v) is 6.55. The molecule has 0 spiro atoms. The van der Waals surface area contributed by atoms with Crippen molar-refractivity contribution in [1.29, 1.82) is 0 Å². The minimum atomic E-state index is -3.72. The Kier molecular flexibility index (Phi) is 5.86. The zero-order valence-corrected chi connectivity index (χ0v) is 17.6. The summed E-state index contributed by atoms with van der Waals surface area (Å²) < 4.78 is 53.8. The minimum Gasteiger partial charge on any atom is -0.207 e. The van der Waals surface area contributed by atoms with Crippen molar-refractivity contribution < 1.29 is 16.8 Å². The molecule has 1 aliphatic heterocycles. The van der Waals surface area contributed by atoms with Crippen LogP contribution in [0, 0.1) is 6.92 Å². The van der Waals surface area contributed by atoms with Gasteiger partial charge in [-0.15, -0.1) is 0 Å². The molecule has 27 heavy (non-hydrogen) atoms. The molecule has 0 bridgehead atoms. The van der Waals surface area contributed by atoms with Crippen LogP contribution in [0.4, 0.5) is 0 Å². The van der Waals surface area contributed by atoms with Crippen LogP contribution in [-0.4, -0.2) is 51.6 Å². The van der Waals surface area contributed by atoms with E-state index in [1.807, 2.05) is 0 Å². The van der Waals surface area contributed by atoms with E-state index < -0.39 is 20.0 Å². The maximum atomic E-state index is 12.9. The van der Waals surface area contributed by atoms with Gasteiger partial charge in [-0.25, -0.2) is 16.8 Å². The number of hydrogen-bond acceptors (Lipinski definition) is 4. The van der Waals surface area contributed by atoms with E-state index in [2.05, 4.69) is 0 Å². The van der Waals surface area contributed by atoms with Gasteiger partial charge >= 0.3 is 0 Å². The van der Waals surface area contributed by atoms with Crippen molar-refractivity contribution >= 4 is 43.2 Å². The van der Waals surface area contributed by atoms with E-state index in [1.165, 1.54) is 32.9 Å². The first-order valence-electron chi connectivity index (χ1n) is 8.14. The Morgan fingerprint density at radius 3 is 1.89 bits per heavy atom. The van der Waals surface area contributed by atoms with Gasteiger partial charge in [0.25, 0.3) is 0 Å². The number of sulfonamides is 2. The van der Waals surface area contributed by atoms with Gasteiger partial charge in [-0.05, 0) is 48.9 Å². The third-order valence-electron chi connectivity index (χ3n) is 4.39. The number of hydrogen-bond donors (Lipinski definition) is 0. The summed E-state index contributed by atoms with van der Waals surface area (Å²) in [5, 5.41) is 0.791. The number of halogens is 2. The standard InChI is InChI=1S/C17H18Cl2N2O4S2/c1-13-11-15(19)5-6-17(13)27(24,25)21-9-7-20(8-10-21)26(22,23)16-4-2-3-14(18)12-16/h2-6,11-12H,7-10H2,1H3. The molecule has 146 valence electrons. The van der Waals surface area contributed by atoms with E-state index in [1.54, 1.807) is 25.1 Å². The first-order chi connectivity index (χ1) is 12.6. The molecule has 2 aromatic carbocycles. The second-order valence-corrected chi connectivity index (χ2v) is 10.9. The number of aryl methyl sites for hydroxylation is 1. The van der Waals surface area contributed by atoms with Crippen LogP contribution in [-0.2, 0) is 20.0 Å². The second-order valence-electron chi connectivity index (χ2n) is 6.18. The Morgan fingerprint density at radius 2 is 1.33 bits per heavy atom. The first-order valence-corrected chi connectivity index (χ1v) is 11.8. The van der Waals surface area contributed by atoms with Gasteiger partial charge < -0.3 is 0 Å². The van der Waals surface area contributed by atoms with Gasteiger partial charge in [-0.3, -0.25) is 0 Å². The Morgan fingerprint density at radius 1 is 0.778 bits per heavy atom. The quantitative estimate of drug-likeness (QED) is 0.720. The highest BCUT2D eigenvalue weighted by atomic mass is 35.5. The Hall–Kier alpha value is -1.16. The third-order valence-corrected chi connectivity index (χ3v) is 8.81. The van der Waals surface area contributed by atoms with E-state index in [9.17, 15) is 16.8 Å². The van der Waals surface area contributed by atoms with Crippen LogP contribution in [0.2, 0.25) is 10.0 Å². The van der Waals surface area contributed by atoms with Gasteiger partial charge in [0.1, 0.15) is 0 Å². The van der Waals surface area contributed by atoms with Crippen LogP contribution < -0.4 is 0 Å². The van der Waals surface area contributed by atoms with Crippen molar-refractivity contribution in [2.45, 2.75) is 16.7 Å². The van der Waals surface area contributed by atoms with Crippen molar-refractivity contribution in [1.82, 2.24) is 8.61 Å². The summed E-state index contributed by atoms with van der Waals surface area (Å²) in [5.41, 5.74) is 0.552. The fraction of sp³-hybridized carbons (Fsp3) is 0.294. The lowest BCUT2D eigenvalue weighted by Crippen LogP contribution is -2.50. The fourth-order valence-electron chi connectivity index (χ4n) is 2.97. The van der Waals surface area contributed by atoms with Gasteiger partial charge in [-0.1, -0.05) is 29.3 Å². The highest BCUT2D eigenvalue weighted by molar-refractivity contribution is 7.89. The molecular formula is C17H18Cl2N2O4S2. The Balaban J connectivity index is 1.79. The van der Waals surface area contributed by atoms with E-state index in [0.29, 0.717) is 15.6 Å². The molecule has 0 unspecified atom stereocenters. The maximum Gasteiger partial charge on any atom is 0.243 e. The molecule has 1 aliphatic rings. The molecule has 0 aliphatic carbocycles. The molecule has 2 aromatic rings. The lowest BCUT2D eigenvalue weighted by Gasteiger charge is -2.33. The van der Waals surface area contributed by atoms with Crippen molar-refractivity contribution in [3.8, 4) is 0 Å². The molecule has 10 heteroatoms. The summed E-state index contributed by atoms with van der Waals surface area (Å²) in [5.74, 6) is 0. The molecule has 1 heterocycles. The van der Waals surface area contributed by atoms with Crippen LogP contribution in [0.25, 0.3) is 0 Å². The first kappa shape index (κ1) is 20.6. The summed E-state index contributed by atoms with van der Waals surface area (Å²) >= 11 is 11.8. The summed E-state index contributed by atoms with van der Waals surface area (Å²) in [6.45, 7) is 1.97. The van der Waals surface area contributed by atoms with Crippen LogP contribution in [0.3, 0.4) is 0 Å². The lowest BCUT2D eigenvalue weighted by molar-refractivity contribution is 0.272. The highest BCUT2D eigenvalue weighted by Gasteiger charge is 2.34. The number of benzene rings is 2. The van der Waals surface area contributed by atoms with Gasteiger partial charge in [0, 0.05) is 36.2 Å². The minimum absolute atomic E-state index is 0.0702. The third kappa shape index (κ3) is 4.16. The monoisotopic (exact) mass is 448 g/mol. The van der Waals surface area contributed by atoms with E-state index in [0.717, 1.165) is 0 Å². The number of nitrogens with zero attached hydrogens (tertiary/aromatic N) is 2. The van der Waals surface area contributed by atoms with Gasteiger partial charge in [0.15, 0.2) is 0 Å². The van der Waals surface area contributed by atoms with Crippen molar-refractivity contribution in [2.24, 2.45) is 0 Å². The van der Waals surface area contributed by atoms with Gasteiger partial charge in [-0.2, -0.15) is 8.61 Å². The molecule has 1 saturated heterocycles. The maximum absolute atomic E-state index is 12.9. The van der Waals surface area contributed by atoms with Crippen molar-refractivity contribution in [2.75, 3.05) is 26.2 Å². The molecule has 0 atom stereocenters. The number of piperazine rings is 1. The Bertz CT molecular complexity index is 1060. The van der Waals surface area contributed by atoms with E-state index in [4.69, 9.17) is 23.2 Å². The van der Waals surface area contributed by atoms with Crippen LogP contribution in [0.1, 0.15) is 5.56 Å². The molecular weight excluding hydrogens is 431 g/mol. The van der Waals surface area contributed by atoms with Crippen LogP contribution >= 0.6 is 23.2 Å². The number of rotatable bonds is 4. The van der Waals surface area contributed by atoms with Gasteiger partial charge in [0.2, 0.25) is 20.0 Å². The van der Waals surface area contributed by atoms with E-state index >= 15 is 0 Å². The summed E-state index contributed by atoms with van der Waals surface area (Å²) in [6, 6.07) is 10.6. The zero-order chi connectivity index (χ0) is 19.8. The molecule has 6 nitrogen and oxygen atoms in total. The summed E-state index contributed by atoms with van der Waals surface area (Å²) in [4.78, 5) is 0.276. The highest BCUT2D eigenvalue weighted by Crippen LogP contribution is 2.26. The normalized spacial score (nSPS) is 17.1. The SMILES string of the molecule is Cc1cc(Cl)ccc1S(=O)(=O)N1CCN(S(=O)(=O)c2cccc(Cl)c2)CC1. The smallest absolute Gasteiger partial charge is 0.207 e. The van der Waals surface area contributed by atoms with E-state index in [-0.39, 0.29) is 36.0 Å². The average molecular weight is 449 g/mol. The summed E-state index contributed by atoms with van der Waals surface area (Å²) in [7, 11) is -7.44. The second kappa shape index (κ2) is 7.69. The molecule has 3 rings (SSSR count). The molecule has 0 aromatic heterocycles. The zero-order valence-electron chi connectivity index (χ0n) is 14.5. The molecule has 0 radical (unpaired) electrons. The predicted octanol–water partition coefficient (Wildman–Crippen LogP) is 3.00. The summed E-state index contributed by atoms with van der Waals surface area (Å²) in [6.07, 6.45) is 0. The Labute approximate surface area is 169 Å². The average Bonchev–Trinajstić information content (AvgIpc) is 2.61. The topological polar surface area (TPSA) is 74.8 Å². The molecule has 0 amide bonds. The largest absolute Gasteiger partial charge is 0.243 e. The van der Waals surface area contributed by atoms with Crippen molar-refractivity contribution in [3.05, 3.63) is 58.1 Å². The lowest BCUT2D eigenvalue weighted by atomic mass is 10.2. The van der Waals surface area contributed by atoms with Crippen molar-refractivity contribution in [3.63, 3.8) is 0 Å².